The maximum Gasteiger partial charge on any atom is 0.101 e. The monoisotopic (exact) mass is 406 g/mol. The van der Waals surface area contributed by atoms with Gasteiger partial charge in [-0.05, 0) is 25.7 Å². The van der Waals surface area contributed by atoms with Crippen LogP contribution in [0.4, 0.5) is 0 Å². The highest BCUT2D eigenvalue weighted by molar-refractivity contribution is 4.97. The first kappa shape index (κ1) is 26.4. The maximum atomic E-state index is 2.67. The van der Waals surface area contributed by atoms with E-state index < -0.39 is 0 Å². The second kappa shape index (κ2) is 19.3. The van der Waals surface area contributed by atoms with Gasteiger partial charge in [-0.25, -0.2) is 0 Å². The lowest BCUT2D eigenvalue weighted by Gasteiger charge is -2.33. The lowest BCUT2D eigenvalue weighted by Crippen LogP contribution is -2.39. The van der Waals surface area contributed by atoms with Crippen LogP contribution in [0.1, 0.15) is 143 Å². The van der Waals surface area contributed by atoms with E-state index in [-0.39, 0.29) is 0 Å². The Balaban J connectivity index is 2.31. The summed E-state index contributed by atoms with van der Waals surface area (Å²) in [6.45, 7) is 9.44. The predicted molar refractivity (Wildman–Crippen MR) is 131 cm³/mol. The Labute approximate surface area is 184 Å². The second-order valence-electron chi connectivity index (χ2n) is 9.35. The molecule has 2 heteroatoms. The lowest BCUT2D eigenvalue weighted by molar-refractivity contribution is 0.135. The highest BCUT2D eigenvalue weighted by atomic mass is 15.4. The molecular weight excluding hydrogens is 352 g/mol. The molecule has 1 heterocycles. The third-order valence-corrected chi connectivity index (χ3v) is 6.57. The van der Waals surface area contributed by atoms with E-state index in [1.165, 1.54) is 135 Å². The van der Waals surface area contributed by atoms with Crippen molar-refractivity contribution >= 4 is 0 Å². The van der Waals surface area contributed by atoms with Crippen molar-refractivity contribution in [1.82, 2.24) is 9.80 Å². The van der Waals surface area contributed by atoms with Crippen molar-refractivity contribution in [3.63, 3.8) is 0 Å². The van der Waals surface area contributed by atoms with Crippen molar-refractivity contribution in [3.05, 3.63) is 12.4 Å². The standard InChI is InChI=1S/C27H54N2/c1-4-7-10-13-16-19-22-27-28(23-20-17-14-11-8-5-2)25-26-29(27)24-21-18-15-12-9-6-3/h25-27H,4-24H2,1-3H3. The largest absolute Gasteiger partial charge is 0.356 e. The van der Waals surface area contributed by atoms with E-state index >= 15 is 0 Å². The van der Waals surface area contributed by atoms with Gasteiger partial charge in [-0.2, -0.15) is 0 Å². The molecule has 0 atom stereocenters. The molecule has 1 aliphatic heterocycles. The summed E-state index contributed by atoms with van der Waals surface area (Å²) in [5.74, 6) is 0. The minimum atomic E-state index is 0.646. The van der Waals surface area contributed by atoms with Crippen LogP contribution in [0, 0.1) is 0 Å². The van der Waals surface area contributed by atoms with Crippen molar-refractivity contribution < 1.29 is 0 Å². The Kier molecular flexibility index (Phi) is 17.6. The molecule has 172 valence electrons. The Morgan fingerprint density at radius 3 is 1.21 bits per heavy atom. The molecule has 2 nitrogen and oxygen atoms in total. The number of nitrogens with zero attached hydrogens (tertiary/aromatic N) is 2. The van der Waals surface area contributed by atoms with Crippen molar-refractivity contribution in [2.24, 2.45) is 0 Å². The summed E-state index contributed by atoms with van der Waals surface area (Å²) in [5, 5.41) is 0. The number of hydrogen-bond acceptors (Lipinski definition) is 2. The van der Waals surface area contributed by atoms with Gasteiger partial charge < -0.3 is 9.80 Å². The molecule has 29 heavy (non-hydrogen) atoms. The van der Waals surface area contributed by atoms with Crippen LogP contribution in [0.15, 0.2) is 12.4 Å². The number of hydrogen-bond donors (Lipinski definition) is 0. The average Bonchev–Trinajstić information content (AvgIpc) is 3.11. The van der Waals surface area contributed by atoms with Crippen molar-refractivity contribution in [3.8, 4) is 0 Å². The molecule has 0 N–H and O–H groups in total. The molecule has 1 rings (SSSR count). The SMILES string of the molecule is CCCCCCCCC1N(CCCCCCCC)C=CN1CCCCCCCC. The van der Waals surface area contributed by atoms with E-state index in [0.29, 0.717) is 6.17 Å². The molecule has 0 saturated heterocycles. The fraction of sp³-hybridized carbons (Fsp3) is 0.926. The Morgan fingerprint density at radius 1 is 0.448 bits per heavy atom. The van der Waals surface area contributed by atoms with E-state index in [1.54, 1.807) is 0 Å². The van der Waals surface area contributed by atoms with Crippen LogP contribution in [-0.4, -0.2) is 29.1 Å². The average molecular weight is 407 g/mol. The minimum absolute atomic E-state index is 0.646. The zero-order valence-electron chi connectivity index (χ0n) is 20.5. The number of unbranched alkanes of at least 4 members (excludes halogenated alkanes) is 15. The molecule has 0 spiro atoms. The summed E-state index contributed by atoms with van der Waals surface area (Å²) >= 11 is 0. The lowest BCUT2D eigenvalue weighted by atomic mass is 10.1. The van der Waals surface area contributed by atoms with Crippen molar-refractivity contribution in [1.29, 1.82) is 0 Å². The van der Waals surface area contributed by atoms with Gasteiger partial charge in [0.25, 0.3) is 0 Å². The van der Waals surface area contributed by atoms with Crippen LogP contribution in [0.25, 0.3) is 0 Å². The van der Waals surface area contributed by atoms with Crippen LogP contribution in [0.5, 0.6) is 0 Å². The first-order valence-corrected chi connectivity index (χ1v) is 13.5. The third kappa shape index (κ3) is 13.3. The van der Waals surface area contributed by atoms with Crippen LogP contribution in [0.2, 0.25) is 0 Å². The predicted octanol–water partition coefficient (Wildman–Crippen LogP) is 8.87. The molecule has 0 unspecified atom stereocenters. The smallest absolute Gasteiger partial charge is 0.101 e. The quantitative estimate of drug-likeness (QED) is 0.176. The highest BCUT2D eigenvalue weighted by Crippen LogP contribution is 2.23. The van der Waals surface area contributed by atoms with E-state index in [4.69, 9.17) is 0 Å². The van der Waals surface area contributed by atoms with Gasteiger partial charge in [0.05, 0.1) is 0 Å². The minimum Gasteiger partial charge on any atom is -0.356 e. The number of rotatable bonds is 21. The summed E-state index contributed by atoms with van der Waals surface area (Å²) in [6, 6.07) is 0. The molecule has 1 aliphatic rings. The van der Waals surface area contributed by atoms with Crippen LogP contribution in [0.3, 0.4) is 0 Å². The molecule has 0 fully saturated rings. The fourth-order valence-electron chi connectivity index (χ4n) is 4.60. The molecule has 0 amide bonds. The van der Waals surface area contributed by atoms with Gasteiger partial charge in [-0.3, -0.25) is 0 Å². The first-order chi connectivity index (χ1) is 14.3. The van der Waals surface area contributed by atoms with Gasteiger partial charge in [0.1, 0.15) is 6.17 Å². The Bertz CT molecular complexity index is 340. The molecule has 0 bridgehead atoms. The van der Waals surface area contributed by atoms with Crippen LogP contribution < -0.4 is 0 Å². The normalized spacial score (nSPS) is 14.4. The van der Waals surface area contributed by atoms with Crippen molar-refractivity contribution in [2.75, 3.05) is 13.1 Å². The zero-order chi connectivity index (χ0) is 21.0. The van der Waals surface area contributed by atoms with Gasteiger partial charge in [0.15, 0.2) is 0 Å². The zero-order valence-corrected chi connectivity index (χ0v) is 20.5. The summed E-state index contributed by atoms with van der Waals surface area (Å²) in [5.41, 5.74) is 0. The van der Waals surface area contributed by atoms with E-state index in [2.05, 4.69) is 43.0 Å². The fourth-order valence-corrected chi connectivity index (χ4v) is 4.60. The molecule has 0 aromatic heterocycles. The summed E-state index contributed by atoms with van der Waals surface area (Å²) in [6.07, 6.45) is 32.1. The molecular formula is C27H54N2. The van der Waals surface area contributed by atoms with Crippen LogP contribution in [-0.2, 0) is 0 Å². The first-order valence-electron chi connectivity index (χ1n) is 13.5. The summed E-state index contributed by atoms with van der Waals surface area (Å²) in [4.78, 5) is 5.34. The molecule has 0 aromatic rings. The molecule has 0 radical (unpaired) electrons. The summed E-state index contributed by atoms with van der Waals surface area (Å²) < 4.78 is 0. The Morgan fingerprint density at radius 2 is 0.793 bits per heavy atom. The topological polar surface area (TPSA) is 6.48 Å². The van der Waals surface area contributed by atoms with Crippen LogP contribution >= 0.6 is 0 Å². The molecule has 0 aromatic carbocycles. The van der Waals surface area contributed by atoms with Gasteiger partial charge >= 0.3 is 0 Å². The molecule has 0 saturated carbocycles. The highest BCUT2D eigenvalue weighted by Gasteiger charge is 2.24. The maximum absolute atomic E-state index is 2.67. The third-order valence-electron chi connectivity index (χ3n) is 6.57. The van der Waals surface area contributed by atoms with E-state index in [0.717, 1.165) is 0 Å². The molecule has 0 aliphatic carbocycles. The van der Waals surface area contributed by atoms with Gasteiger partial charge in [-0.1, -0.05) is 117 Å². The Hall–Kier alpha value is -0.660. The van der Waals surface area contributed by atoms with E-state index in [1.807, 2.05) is 0 Å². The van der Waals surface area contributed by atoms with E-state index in [9.17, 15) is 0 Å². The van der Waals surface area contributed by atoms with Crippen molar-refractivity contribution in [2.45, 2.75) is 149 Å². The van der Waals surface area contributed by atoms with Gasteiger partial charge in [-0.15, -0.1) is 0 Å². The van der Waals surface area contributed by atoms with Gasteiger partial charge in [0, 0.05) is 25.5 Å². The summed E-state index contributed by atoms with van der Waals surface area (Å²) in [7, 11) is 0. The second-order valence-corrected chi connectivity index (χ2v) is 9.35. The van der Waals surface area contributed by atoms with Gasteiger partial charge in [0.2, 0.25) is 0 Å².